The molecule has 8 heteroatoms. The second-order valence-corrected chi connectivity index (χ2v) is 9.16. The van der Waals surface area contributed by atoms with Crippen molar-refractivity contribution in [3.63, 3.8) is 0 Å². The van der Waals surface area contributed by atoms with Crippen LogP contribution in [0.15, 0.2) is 47.3 Å². The van der Waals surface area contributed by atoms with Crippen LogP contribution in [0.4, 0.5) is 10.1 Å². The van der Waals surface area contributed by atoms with Gasteiger partial charge >= 0.3 is 5.97 Å². The molecule has 2 aromatic heterocycles. The number of hydrogen-bond donors (Lipinski definition) is 2. The maximum absolute atomic E-state index is 14.6. The molecule has 6 rings (SSSR count). The van der Waals surface area contributed by atoms with Gasteiger partial charge in [-0.1, -0.05) is 19.1 Å². The summed E-state index contributed by atoms with van der Waals surface area (Å²) < 4.78 is 21.3. The van der Waals surface area contributed by atoms with E-state index >= 15 is 0 Å². The van der Waals surface area contributed by atoms with Crippen molar-refractivity contribution < 1.29 is 19.0 Å². The number of aromatic nitrogens is 2. The van der Waals surface area contributed by atoms with Crippen LogP contribution in [0, 0.1) is 12.7 Å². The van der Waals surface area contributed by atoms with Crippen molar-refractivity contribution in [3.8, 4) is 22.5 Å². The standard InChI is InChI=1S/C27H22FN3O4/c1-3-27(34)19-9-22-24-17(11-31(22)25(32)18(19)12-35-26(27)33)23(14-5-4-6-15(29)8-14)16-7-13(2)20(28)10-21(16)30-24/h4-10,34H,3,11-12,29H2,1-2H3/t27-/m0/s1. The monoisotopic (exact) mass is 471 g/mol. The average Bonchev–Trinajstić information content (AvgIpc) is 3.19. The fourth-order valence-corrected chi connectivity index (χ4v) is 5.23. The Balaban J connectivity index is 1.71. The second kappa shape index (κ2) is 7.23. The molecular formula is C27H22FN3O4. The van der Waals surface area contributed by atoms with E-state index in [0.717, 1.165) is 22.1 Å². The molecular weight excluding hydrogens is 449 g/mol. The Morgan fingerprint density at radius 2 is 2.00 bits per heavy atom. The number of carbonyl (C=O) groups excluding carboxylic acids is 1. The van der Waals surface area contributed by atoms with Gasteiger partial charge in [0, 0.05) is 28.3 Å². The van der Waals surface area contributed by atoms with Gasteiger partial charge in [-0.05, 0) is 54.3 Å². The molecule has 4 heterocycles. The van der Waals surface area contributed by atoms with E-state index in [2.05, 4.69) is 0 Å². The van der Waals surface area contributed by atoms with Gasteiger partial charge in [-0.3, -0.25) is 4.79 Å². The number of pyridine rings is 2. The van der Waals surface area contributed by atoms with Crippen molar-refractivity contribution in [2.45, 2.75) is 39.0 Å². The van der Waals surface area contributed by atoms with Crippen LogP contribution < -0.4 is 11.3 Å². The first-order valence-corrected chi connectivity index (χ1v) is 11.4. The Hall–Kier alpha value is -4.04. The van der Waals surface area contributed by atoms with Gasteiger partial charge in [-0.15, -0.1) is 0 Å². The van der Waals surface area contributed by atoms with E-state index in [1.165, 1.54) is 6.07 Å². The number of ether oxygens (including phenoxy) is 1. The number of fused-ring (bicyclic) bond motifs is 5. The summed E-state index contributed by atoms with van der Waals surface area (Å²) in [5.41, 5.74) is 9.23. The van der Waals surface area contributed by atoms with Gasteiger partial charge in [0.1, 0.15) is 12.4 Å². The Kier molecular flexibility index (Phi) is 4.44. The number of anilines is 1. The number of esters is 1. The number of aliphatic hydroxyl groups is 1. The third-order valence-corrected chi connectivity index (χ3v) is 7.14. The van der Waals surface area contributed by atoms with Crippen molar-refractivity contribution in [1.82, 2.24) is 9.55 Å². The van der Waals surface area contributed by atoms with Gasteiger partial charge in [-0.25, -0.2) is 14.2 Å². The van der Waals surface area contributed by atoms with Crippen LogP contribution >= 0.6 is 0 Å². The SMILES string of the molecule is CC[C@@]1(O)C(=O)OCc2c1cc1n(c2=O)Cc2c-1nc1cc(F)c(C)cc1c2-c1cccc(N)c1. The summed E-state index contributed by atoms with van der Waals surface area (Å²) in [5, 5.41) is 11.9. The molecule has 3 N–H and O–H groups in total. The van der Waals surface area contributed by atoms with Crippen molar-refractivity contribution in [2.75, 3.05) is 5.73 Å². The molecule has 0 spiro atoms. The van der Waals surface area contributed by atoms with Gasteiger partial charge in [0.25, 0.3) is 5.56 Å². The van der Waals surface area contributed by atoms with Gasteiger partial charge in [0.05, 0.1) is 29.0 Å². The van der Waals surface area contributed by atoms with Crippen LogP contribution in [0.1, 0.15) is 35.6 Å². The number of rotatable bonds is 2. The van der Waals surface area contributed by atoms with Gasteiger partial charge in [-0.2, -0.15) is 0 Å². The first-order chi connectivity index (χ1) is 16.7. The molecule has 0 amide bonds. The lowest BCUT2D eigenvalue weighted by molar-refractivity contribution is -0.172. The molecule has 0 radical (unpaired) electrons. The van der Waals surface area contributed by atoms with Crippen LogP contribution in [0.25, 0.3) is 33.4 Å². The maximum atomic E-state index is 14.6. The van der Waals surface area contributed by atoms with E-state index < -0.39 is 11.6 Å². The number of benzene rings is 2. The third kappa shape index (κ3) is 2.89. The number of nitrogen functional groups attached to an aromatic ring is 1. The lowest BCUT2D eigenvalue weighted by atomic mass is 9.86. The number of aryl methyl sites for hydroxylation is 1. The van der Waals surface area contributed by atoms with Gasteiger partial charge < -0.3 is 20.1 Å². The molecule has 0 fully saturated rings. The molecule has 1 atom stereocenters. The van der Waals surface area contributed by atoms with Crippen molar-refractivity contribution in [2.24, 2.45) is 0 Å². The highest BCUT2D eigenvalue weighted by Gasteiger charge is 2.45. The topological polar surface area (TPSA) is 107 Å². The molecule has 0 bridgehead atoms. The fourth-order valence-electron chi connectivity index (χ4n) is 5.23. The summed E-state index contributed by atoms with van der Waals surface area (Å²) in [5.74, 6) is -1.16. The van der Waals surface area contributed by atoms with E-state index in [9.17, 15) is 19.1 Å². The predicted molar refractivity (Wildman–Crippen MR) is 129 cm³/mol. The predicted octanol–water partition coefficient (Wildman–Crippen LogP) is 3.78. The minimum atomic E-state index is -1.91. The average molecular weight is 471 g/mol. The molecule has 4 aromatic rings. The smallest absolute Gasteiger partial charge is 0.343 e. The molecule has 2 aliphatic heterocycles. The Labute approximate surface area is 199 Å². The maximum Gasteiger partial charge on any atom is 0.343 e. The van der Waals surface area contributed by atoms with E-state index in [1.807, 2.05) is 18.2 Å². The molecule has 0 aliphatic carbocycles. The molecule has 0 saturated carbocycles. The largest absolute Gasteiger partial charge is 0.458 e. The number of halogens is 1. The summed E-state index contributed by atoms with van der Waals surface area (Å²) in [4.78, 5) is 30.7. The van der Waals surface area contributed by atoms with Crippen LogP contribution in [-0.4, -0.2) is 20.6 Å². The summed E-state index contributed by atoms with van der Waals surface area (Å²) >= 11 is 0. The van der Waals surface area contributed by atoms with Crippen molar-refractivity contribution >= 4 is 22.6 Å². The fraction of sp³-hybridized carbons (Fsp3) is 0.222. The minimum absolute atomic E-state index is 0.0543. The Morgan fingerprint density at radius 1 is 1.20 bits per heavy atom. The number of nitrogens with zero attached hydrogens (tertiary/aromatic N) is 2. The van der Waals surface area contributed by atoms with Crippen LogP contribution in [0.5, 0.6) is 0 Å². The normalized spacial score (nSPS) is 18.2. The molecule has 35 heavy (non-hydrogen) atoms. The van der Waals surface area contributed by atoms with E-state index in [4.69, 9.17) is 15.5 Å². The summed E-state index contributed by atoms with van der Waals surface area (Å²) in [6.07, 6.45) is 0.0543. The molecule has 0 unspecified atom stereocenters. The first-order valence-electron chi connectivity index (χ1n) is 11.4. The van der Waals surface area contributed by atoms with E-state index in [0.29, 0.717) is 28.2 Å². The zero-order valence-corrected chi connectivity index (χ0v) is 19.2. The number of nitrogens with two attached hydrogens (primary N) is 1. The molecule has 176 valence electrons. The lowest BCUT2D eigenvalue weighted by Gasteiger charge is -2.31. The lowest BCUT2D eigenvalue weighted by Crippen LogP contribution is -2.44. The molecule has 2 aliphatic rings. The van der Waals surface area contributed by atoms with Gasteiger partial charge in [0.2, 0.25) is 0 Å². The van der Waals surface area contributed by atoms with Crippen molar-refractivity contribution in [1.29, 1.82) is 0 Å². The highest BCUT2D eigenvalue weighted by atomic mass is 19.1. The number of cyclic esters (lactones) is 1. The van der Waals surface area contributed by atoms with Crippen LogP contribution in [-0.2, 0) is 28.3 Å². The Bertz CT molecular complexity index is 1660. The highest BCUT2D eigenvalue weighted by molar-refractivity contribution is 6.00. The number of hydrogen-bond acceptors (Lipinski definition) is 6. The molecule has 0 saturated heterocycles. The van der Waals surface area contributed by atoms with E-state index in [1.54, 1.807) is 36.6 Å². The van der Waals surface area contributed by atoms with Crippen LogP contribution in [0.2, 0.25) is 0 Å². The highest BCUT2D eigenvalue weighted by Crippen LogP contribution is 2.43. The third-order valence-electron chi connectivity index (χ3n) is 7.14. The summed E-state index contributed by atoms with van der Waals surface area (Å²) in [6.45, 7) is 3.39. The Morgan fingerprint density at radius 3 is 2.74 bits per heavy atom. The zero-order valence-electron chi connectivity index (χ0n) is 19.2. The van der Waals surface area contributed by atoms with Crippen molar-refractivity contribution in [3.05, 3.63) is 80.9 Å². The second-order valence-electron chi connectivity index (χ2n) is 9.16. The molecule has 2 aromatic carbocycles. The zero-order chi connectivity index (χ0) is 24.6. The quantitative estimate of drug-likeness (QED) is 0.300. The van der Waals surface area contributed by atoms with Crippen LogP contribution in [0.3, 0.4) is 0 Å². The van der Waals surface area contributed by atoms with E-state index in [-0.39, 0.29) is 42.1 Å². The number of carbonyl (C=O) groups is 1. The molecule has 7 nitrogen and oxygen atoms in total. The van der Waals surface area contributed by atoms with Gasteiger partial charge in [0.15, 0.2) is 5.60 Å². The minimum Gasteiger partial charge on any atom is -0.458 e. The first kappa shape index (κ1) is 21.5. The summed E-state index contributed by atoms with van der Waals surface area (Å²) in [7, 11) is 0. The summed E-state index contributed by atoms with van der Waals surface area (Å²) in [6, 6.07) is 12.2.